The molecule has 3 nitrogen and oxygen atoms in total. The van der Waals surface area contributed by atoms with Gasteiger partial charge in [0.05, 0.1) is 0 Å². The Kier molecular flexibility index (Phi) is 1.77. The lowest BCUT2D eigenvalue weighted by atomic mass is 9.66. The van der Waals surface area contributed by atoms with E-state index < -0.39 is 11.6 Å². The van der Waals surface area contributed by atoms with Gasteiger partial charge in [0, 0.05) is 6.07 Å². The van der Waals surface area contributed by atoms with Crippen LogP contribution < -0.4 is 5.73 Å². The number of rotatable bonds is 1. The summed E-state index contributed by atoms with van der Waals surface area (Å²) in [6.45, 7) is 0. The molecule has 1 aromatic rings. The van der Waals surface area contributed by atoms with E-state index in [2.05, 4.69) is 9.68 Å². The Morgan fingerprint density at radius 1 is 1.43 bits per heavy atom. The third kappa shape index (κ3) is 1.09. The number of aromatic nitrogens is 1. The molecule has 1 aliphatic carbocycles. The summed E-state index contributed by atoms with van der Waals surface area (Å²) in [5.74, 6) is -0.163. The van der Waals surface area contributed by atoms with Crippen LogP contribution in [0, 0.1) is 0 Å². The zero-order chi connectivity index (χ0) is 10.4. The molecule has 6 heteroatoms. The van der Waals surface area contributed by atoms with Crippen LogP contribution in [0.5, 0.6) is 0 Å². The number of nitrogen functional groups attached to an aromatic ring is 1. The maximum Gasteiger partial charge on any atom is 0.401 e. The van der Waals surface area contributed by atoms with Gasteiger partial charge in [-0.1, -0.05) is 11.6 Å². The predicted octanol–water partition coefficient (Wildman–Crippen LogP) is 2.24. The van der Waals surface area contributed by atoms with Gasteiger partial charge in [-0.05, 0) is 12.8 Å². The Morgan fingerprint density at radius 3 is 2.36 bits per heavy atom. The second-order valence-corrected chi connectivity index (χ2v) is 3.55. The standard InChI is InChI=1S/C8H9F3N2O/c9-8(10,11)7(2-1-3-7)5-4-6(12)13-14-5/h4H,1-3H2,(H2,12,13). The molecule has 2 rings (SSSR count). The highest BCUT2D eigenvalue weighted by atomic mass is 19.4. The maximum absolute atomic E-state index is 12.7. The minimum Gasteiger partial charge on any atom is -0.381 e. The molecule has 1 saturated carbocycles. The van der Waals surface area contributed by atoms with E-state index >= 15 is 0 Å². The second kappa shape index (κ2) is 2.65. The minimum absolute atomic E-state index is 0.00414. The Morgan fingerprint density at radius 2 is 2.07 bits per heavy atom. The van der Waals surface area contributed by atoms with Gasteiger partial charge >= 0.3 is 6.18 Å². The van der Waals surface area contributed by atoms with Crippen molar-refractivity contribution in [1.82, 2.24) is 5.16 Å². The van der Waals surface area contributed by atoms with E-state index in [-0.39, 0.29) is 24.4 Å². The number of hydrogen-bond donors (Lipinski definition) is 1. The van der Waals surface area contributed by atoms with Crippen LogP contribution in [0.3, 0.4) is 0 Å². The second-order valence-electron chi connectivity index (χ2n) is 3.55. The quantitative estimate of drug-likeness (QED) is 0.766. The molecule has 1 aliphatic rings. The van der Waals surface area contributed by atoms with Crippen LogP contribution in [-0.2, 0) is 5.41 Å². The summed E-state index contributed by atoms with van der Waals surface area (Å²) >= 11 is 0. The average Bonchev–Trinajstić information content (AvgIpc) is 2.29. The fourth-order valence-corrected chi connectivity index (χ4v) is 1.71. The molecule has 2 N–H and O–H groups in total. The molecule has 0 radical (unpaired) electrons. The van der Waals surface area contributed by atoms with Crippen molar-refractivity contribution in [3.8, 4) is 0 Å². The Bertz CT molecular complexity index is 341. The fourth-order valence-electron chi connectivity index (χ4n) is 1.71. The first-order valence-electron chi connectivity index (χ1n) is 4.25. The third-order valence-electron chi connectivity index (χ3n) is 2.75. The molecule has 0 atom stereocenters. The maximum atomic E-state index is 12.7. The molecule has 1 heterocycles. The molecule has 0 aliphatic heterocycles. The monoisotopic (exact) mass is 206 g/mol. The third-order valence-corrected chi connectivity index (χ3v) is 2.75. The summed E-state index contributed by atoms with van der Waals surface area (Å²) in [6, 6.07) is 1.16. The first-order chi connectivity index (χ1) is 6.46. The van der Waals surface area contributed by atoms with Gasteiger partial charge in [0.25, 0.3) is 0 Å². The van der Waals surface area contributed by atoms with Crippen molar-refractivity contribution in [1.29, 1.82) is 0 Å². The molecule has 0 bridgehead atoms. The van der Waals surface area contributed by atoms with E-state index in [4.69, 9.17) is 5.73 Å². The summed E-state index contributed by atoms with van der Waals surface area (Å²) in [6.07, 6.45) is -3.60. The summed E-state index contributed by atoms with van der Waals surface area (Å²) in [7, 11) is 0. The summed E-state index contributed by atoms with van der Waals surface area (Å²) in [5.41, 5.74) is 3.39. The van der Waals surface area contributed by atoms with Crippen LogP contribution in [-0.4, -0.2) is 11.3 Å². The zero-order valence-electron chi connectivity index (χ0n) is 7.27. The van der Waals surface area contributed by atoms with Gasteiger partial charge in [-0.3, -0.25) is 0 Å². The van der Waals surface area contributed by atoms with Crippen LogP contribution in [0.4, 0.5) is 19.0 Å². The van der Waals surface area contributed by atoms with Gasteiger partial charge in [0.15, 0.2) is 11.6 Å². The van der Waals surface area contributed by atoms with Crippen LogP contribution in [0.1, 0.15) is 25.0 Å². The van der Waals surface area contributed by atoms with Gasteiger partial charge in [0.1, 0.15) is 5.41 Å². The van der Waals surface area contributed by atoms with Crippen molar-refractivity contribution in [3.63, 3.8) is 0 Å². The van der Waals surface area contributed by atoms with Crippen molar-refractivity contribution >= 4 is 5.82 Å². The fraction of sp³-hybridized carbons (Fsp3) is 0.625. The zero-order valence-corrected chi connectivity index (χ0v) is 7.27. The molecule has 0 saturated heterocycles. The van der Waals surface area contributed by atoms with Crippen LogP contribution in [0.25, 0.3) is 0 Å². The van der Waals surface area contributed by atoms with E-state index in [0.717, 1.165) is 6.07 Å². The lowest BCUT2D eigenvalue weighted by Gasteiger charge is -2.40. The van der Waals surface area contributed by atoms with Gasteiger partial charge in [-0.25, -0.2) is 0 Å². The molecular weight excluding hydrogens is 197 g/mol. The molecule has 1 aromatic heterocycles. The van der Waals surface area contributed by atoms with E-state index in [0.29, 0.717) is 6.42 Å². The topological polar surface area (TPSA) is 52.0 Å². The molecule has 14 heavy (non-hydrogen) atoms. The molecule has 0 amide bonds. The molecular formula is C8H9F3N2O. The Labute approximate surface area is 78.1 Å². The first-order valence-corrected chi connectivity index (χ1v) is 4.25. The lowest BCUT2D eigenvalue weighted by molar-refractivity contribution is -0.218. The number of anilines is 1. The number of hydrogen-bond acceptors (Lipinski definition) is 3. The van der Waals surface area contributed by atoms with Crippen molar-refractivity contribution in [2.45, 2.75) is 30.9 Å². The van der Waals surface area contributed by atoms with Gasteiger partial charge in [-0.15, -0.1) is 0 Å². The highest BCUT2D eigenvalue weighted by Gasteiger charge is 2.61. The van der Waals surface area contributed by atoms with Crippen LogP contribution in [0.2, 0.25) is 0 Å². The largest absolute Gasteiger partial charge is 0.401 e. The molecule has 1 fully saturated rings. The lowest BCUT2D eigenvalue weighted by Crippen LogP contribution is -2.47. The van der Waals surface area contributed by atoms with Crippen LogP contribution >= 0.6 is 0 Å². The minimum atomic E-state index is -4.28. The highest BCUT2D eigenvalue weighted by molar-refractivity contribution is 5.32. The predicted molar refractivity (Wildman–Crippen MR) is 42.5 cm³/mol. The van der Waals surface area contributed by atoms with Crippen molar-refractivity contribution in [2.75, 3.05) is 5.73 Å². The smallest absolute Gasteiger partial charge is 0.381 e. The van der Waals surface area contributed by atoms with E-state index in [9.17, 15) is 13.2 Å². The number of alkyl halides is 3. The van der Waals surface area contributed by atoms with Gasteiger partial charge in [0.2, 0.25) is 0 Å². The van der Waals surface area contributed by atoms with Gasteiger partial charge in [-0.2, -0.15) is 13.2 Å². The highest BCUT2D eigenvalue weighted by Crippen LogP contribution is 2.54. The van der Waals surface area contributed by atoms with E-state index in [1.807, 2.05) is 0 Å². The number of nitrogens with two attached hydrogens (primary N) is 1. The normalized spacial score (nSPS) is 20.5. The molecule has 0 unspecified atom stereocenters. The van der Waals surface area contributed by atoms with Crippen molar-refractivity contribution < 1.29 is 17.7 Å². The van der Waals surface area contributed by atoms with Gasteiger partial charge < -0.3 is 10.3 Å². The Balaban J connectivity index is 2.38. The number of halogens is 3. The Hall–Kier alpha value is -1.20. The summed E-state index contributed by atoms with van der Waals surface area (Å²) in [5, 5.41) is 3.28. The number of nitrogens with zero attached hydrogens (tertiary/aromatic N) is 1. The average molecular weight is 206 g/mol. The molecule has 78 valence electrons. The summed E-state index contributed by atoms with van der Waals surface area (Å²) < 4.78 is 42.8. The molecule has 0 spiro atoms. The van der Waals surface area contributed by atoms with Crippen LogP contribution in [0.15, 0.2) is 10.6 Å². The SMILES string of the molecule is Nc1cc(C2(C(F)(F)F)CCC2)on1. The van der Waals surface area contributed by atoms with E-state index in [1.54, 1.807) is 0 Å². The molecule has 0 aromatic carbocycles. The van der Waals surface area contributed by atoms with E-state index in [1.165, 1.54) is 0 Å². The summed E-state index contributed by atoms with van der Waals surface area (Å²) in [4.78, 5) is 0. The first kappa shape index (κ1) is 9.36. The van der Waals surface area contributed by atoms with Crippen molar-refractivity contribution in [2.24, 2.45) is 0 Å². The van der Waals surface area contributed by atoms with Crippen molar-refractivity contribution in [3.05, 3.63) is 11.8 Å².